The number of hydrogen-bond donors (Lipinski definition) is 1. The molecule has 0 fully saturated rings. The van der Waals surface area contributed by atoms with Crippen molar-refractivity contribution < 1.29 is 9.18 Å². The molecule has 2 nitrogen and oxygen atoms in total. The Morgan fingerprint density at radius 1 is 1.10 bits per heavy atom. The maximum Gasteiger partial charge on any atom is 0.224 e. The van der Waals surface area contributed by atoms with Crippen molar-refractivity contribution in [1.29, 1.82) is 0 Å². The summed E-state index contributed by atoms with van der Waals surface area (Å²) in [6.45, 7) is 2.06. The van der Waals surface area contributed by atoms with Crippen molar-refractivity contribution in [2.45, 2.75) is 24.7 Å². The molecule has 2 rings (SSSR count). The highest BCUT2D eigenvalue weighted by atomic mass is 32.2. The lowest BCUT2D eigenvalue weighted by molar-refractivity contribution is -0.116. The van der Waals surface area contributed by atoms with Gasteiger partial charge >= 0.3 is 0 Å². The minimum absolute atomic E-state index is 0.0360. The molecule has 0 aliphatic heterocycles. The predicted molar refractivity (Wildman–Crippen MR) is 86.2 cm³/mol. The number of halogens is 1. The molecular formula is C17H18FNOS. The van der Waals surface area contributed by atoms with Gasteiger partial charge in [-0.2, -0.15) is 0 Å². The van der Waals surface area contributed by atoms with E-state index in [-0.39, 0.29) is 11.7 Å². The molecule has 2 aromatic carbocycles. The molecule has 0 saturated heterocycles. The maximum atomic E-state index is 12.7. The Morgan fingerprint density at radius 3 is 2.43 bits per heavy atom. The molecule has 110 valence electrons. The van der Waals surface area contributed by atoms with Crippen LogP contribution in [0.5, 0.6) is 0 Å². The van der Waals surface area contributed by atoms with Gasteiger partial charge < -0.3 is 5.32 Å². The lowest BCUT2D eigenvalue weighted by Crippen LogP contribution is -2.11. The lowest BCUT2D eigenvalue weighted by atomic mass is 10.2. The van der Waals surface area contributed by atoms with Crippen molar-refractivity contribution >= 4 is 23.4 Å². The van der Waals surface area contributed by atoms with Crippen molar-refractivity contribution in [3.63, 3.8) is 0 Å². The number of aryl methyl sites for hydroxylation is 1. The van der Waals surface area contributed by atoms with Gasteiger partial charge in [-0.15, -0.1) is 11.8 Å². The summed E-state index contributed by atoms with van der Waals surface area (Å²) in [5.74, 6) is 0.563. The van der Waals surface area contributed by atoms with Gasteiger partial charge in [-0.1, -0.05) is 17.7 Å². The van der Waals surface area contributed by atoms with E-state index >= 15 is 0 Å². The molecule has 0 spiro atoms. The maximum absolute atomic E-state index is 12.7. The Hall–Kier alpha value is -1.81. The molecule has 0 bridgehead atoms. The van der Waals surface area contributed by atoms with Crippen LogP contribution in [0.3, 0.4) is 0 Å². The normalized spacial score (nSPS) is 10.4. The molecule has 0 unspecified atom stereocenters. The average molecular weight is 303 g/mol. The largest absolute Gasteiger partial charge is 0.326 e. The highest BCUT2D eigenvalue weighted by molar-refractivity contribution is 7.99. The number of anilines is 1. The highest BCUT2D eigenvalue weighted by Gasteiger charge is 2.03. The third-order valence-corrected chi connectivity index (χ3v) is 4.06. The topological polar surface area (TPSA) is 29.1 Å². The second-order valence-corrected chi connectivity index (χ2v) is 5.99. The molecule has 0 radical (unpaired) electrons. The first-order valence-electron chi connectivity index (χ1n) is 6.88. The average Bonchev–Trinajstić information content (AvgIpc) is 2.48. The second kappa shape index (κ2) is 7.84. The fraction of sp³-hybridized carbons (Fsp3) is 0.235. The van der Waals surface area contributed by atoms with E-state index in [2.05, 4.69) is 36.5 Å². The van der Waals surface area contributed by atoms with Gasteiger partial charge in [0.15, 0.2) is 0 Å². The monoisotopic (exact) mass is 303 g/mol. The van der Waals surface area contributed by atoms with Crippen LogP contribution in [0.25, 0.3) is 0 Å². The van der Waals surface area contributed by atoms with Crippen LogP contribution < -0.4 is 5.32 Å². The molecule has 0 heterocycles. The van der Waals surface area contributed by atoms with Crippen LogP contribution in [-0.2, 0) is 4.79 Å². The smallest absolute Gasteiger partial charge is 0.224 e. The molecule has 2 aromatic rings. The molecule has 0 aliphatic rings. The van der Waals surface area contributed by atoms with E-state index in [1.165, 1.54) is 22.6 Å². The molecule has 0 aromatic heterocycles. The van der Waals surface area contributed by atoms with E-state index in [0.29, 0.717) is 12.1 Å². The summed E-state index contributed by atoms with van der Waals surface area (Å²) in [6.07, 6.45) is 1.28. The fourth-order valence-corrected chi connectivity index (χ4v) is 2.67. The van der Waals surface area contributed by atoms with E-state index < -0.39 is 0 Å². The van der Waals surface area contributed by atoms with Gasteiger partial charge in [-0.25, -0.2) is 4.39 Å². The van der Waals surface area contributed by atoms with Crippen LogP contribution in [0.1, 0.15) is 18.4 Å². The highest BCUT2D eigenvalue weighted by Crippen LogP contribution is 2.19. The summed E-state index contributed by atoms with van der Waals surface area (Å²) in [7, 11) is 0. The number of benzene rings is 2. The minimum atomic E-state index is -0.303. The van der Waals surface area contributed by atoms with Crippen molar-refractivity contribution in [2.24, 2.45) is 0 Å². The fourth-order valence-electron chi connectivity index (χ4n) is 1.81. The van der Waals surface area contributed by atoms with Gasteiger partial charge in [0.05, 0.1) is 0 Å². The minimum Gasteiger partial charge on any atom is -0.326 e. The molecule has 1 amide bonds. The van der Waals surface area contributed by atoms with Crippen molar-refractivity contribution in [3.8, 4) is 0 Å². The Bertz CT molecular complexity index is 581. The van der Waals surface area contributed by atoms with Crippen LogP contribution in [0.15, 0.2) is 53.4 Å². The second-order valence-electron chi connectivity index (χ2n) is 4.82. The molecule has 1 N–H and O–H groups in total. The molecule has 21 heavy (non-hydrogen) atoms. The van der Waals surface area contributed by atoms with Gasteiger partial charge in [0.1, 0.15) is 5.82 Å². The van der Waals surface area contributed by atoms with Crippen molar-refractivity contribution in [2.75, 3.05) is 11.1 Å². The van der Waals surface area contributed by atoms with E-state index in [0.717, 1.165) is 12.2 Å². The summed E-state index contributed by atoms with van der Waals surface area (Å²) in [4.78, 5) is 13.0. The third kappa shape index (κ3) is 5.60. The Labute approximate surface area is 128 Å². The lowest BCUT2D eigenvalue weighted by Gasteiger charge is -2.05. The van der Waals surface area contributed by atoms with Crippen LogP contribution >= 0.6 is 11.8 Å². The number of thioether (sulfide) groups is 1. The van der Waals surface area contributed by atoms with Gasteiger partial charge in [0.2, 0.25) is 5.91 Å². The number of nitrogens with one attached hydrogen (secondary N) is 1. The zero-order chi connectivity index (χ0) is 15.1. The molecular weight excluding hydrogens is 285 g/mol. The standard InChI is InChI=1S/C17H18FNOS/c1-13-4-10-16(11-5-13)21-12-2-3-17(20)19-15-8-6-14(18)7-9-15/h4-11H,2-3,12H2,1H3,(H,19,20). The van der Waals surface area contributed by atoms with Crippen LogP contribution in [0.4, 0.5) is 10.1 Å². The first-order valence-corrected chi connectivity index (χ1v) is 7.87. The van der Waals surface area contributed by atoms with Crippen molar-refractivity contribution in [3.05, 3.63) is 59.9 Å². The first-order chi connectivity index (χ1) is 10.1. The van der Waals surface area contributed by atoms with Gasteiger partial charge in [-0.05, 0) is 55.5 Å². The van der Waals surface area contributed by atoms with Gasteiger partial charge in [-0.3, -0.25) is 4.79 Å². The first kappa shape index (κ1) is 15.6. The quantitative estimate of drug-likeness (QED) is 0.622. The van der Waals surface area contributed by atoms with E-state index in [1.807, 2.05) is 0 Å². The summed E-state index contributed by atoms with van der Waals surface area (Å²) in [5.41, 5.74) is 1.88. The zero-order valence-corrected chi connectivity index (χ0v) is 12.8. The van der Waals surface area contributed by atoms with Gasteiger partial charge in [0, 0.05) is 17.0 Å². The van der Waals surface area contributed by atoms with Gasteiger partial charge in [0.25, 0.3) is 0 Å². The summed E-state index contributed by atoms with van der Waals surface area (Å²) in [6, 6.07) is 14.2. The Balaban J connectivity index is 1.67. The van der Waals surface area contributed by atoms with Crippen LogP contribution in [0, 0.1) is 12.7 Å². The van der Waals surface area contributed by atoms with E-state index in [9.17, 15) is 9.18 Å². The SMILES string of the molecule is Cc1ccc(SCCCC(=O)Nc2ccc(F)cc2)cc1. The molecule has 0 saturated carbocycles. The van der Waals surface area contributed by atoms with E-state index in [1.54, 1.807) is 23.9 Å². The summed E-state index contributed by atoms with van der Waals surface area (Å²) in [5, 5.41) is 2.76. The predicted octanol–water partition coefficient (Wildman–Crippen LogP) is 4.65. The Morgan fingerprint density at radius 2 is 1.76 bits per heavy atom. The number of hydrogen-bond acceptors (Lipinski definition) is 2. The molecule has 0 atom stereocenters. The number of amides is 1. The summed E-state index contributed by atoms with van der Waals surface area (Å²) < 4.78 is 12.7. The third-order valence-electron chi connectivity index (χ3n) is 2.97. The van der Waals surface area contributed by atoms with Crippen molar-refractivity contribution in [1.82, 2.24) is 0 Å². The number of carbonyl (C=O) groups excluding carboxylic acids is 1. The molecule has 0 aliphatic carbocycles. The molecule has 4 heteroatoms. The number of carbonyl (C=O) groups is 1. The van der Waals surface area contributed by atoms with E-state index in [4.69, 9.17) is 0 Å². The number of rotatable bonds is 6. The van der Waals surface area contributed by atoms with Crippen LogP contribution in [-0.4, -0.2) is 11.7 Å². The zero-order valence-electron chi connectivity index (χ0n) is 11.9. The Kier molecular flexibility index (Phi) is 5.81. The summed E-state index contributed by atoms with van der Waals surface area (Å²) >= 11 is 1.75. The van der Waals surface area contributed by atoms with Crippen LogP contribution in [0.2, 0.25) is 0 Å².